The number of halogens is 3. The van der Waals surface area contributed by atoms with Gasteiger partial charge >= 0.3 is 6.03 Å². The van der Waals surface area contributed by atoms with Gasteiger partial charge in [-0.05, 0) is 35.9 Å². The van der Waals surface area contributed by atoms with Crippen molar-refractivity contribution in [3.05, 3.63) is 57.0 Å². The van der Waals surface area contributed by atoms with Gasteiger partial charge in [0.2, 0.25) is 0 Å². The molecule has 0 unspecified atom stereocenters. The van der Waals surface area contributed by atoms with Crippen LogP contribution in [0.2, 0.25) is 15.1 Å². The molecule has 134 valence electrons. The highest BCUT2D eigenvalue weighted by Gasteiger charge is 2.07. The number of hydrogen-bond donors (Lipinski definition) is 2. The van der Waals surface area contributed by atoms with Crippen LogP contribution in [-0.2, 0) is 11.3 Å². The van der Waals surface area contributed by atoms with Crippen LogP contribution in [0.15, 0.2) is 36.4 Å². The van der Waals surface area contributed by atoms with Gasteiger partial charge in [0.25, 0.3) is 0 Å². The Hall–Kier alpha value is -1.66. The van der Waals surface area contributed by atoms with Gasteiger partial charge < -0.3 is 20.1 Å². The summed E-state index contributed by atoms with van der Waals surface area (Å²) in [4.78, 5) is 12.0. The molecule has 2 rings (SSSR count). The first kappa shape index (κ1) is 19.7. The average molecular weight is 404 g/mol. The van der Waals surface area contributed by atoms with Crippen LogP contribution in [0, 0.1) is 0 Å². The second kappa shape index (κ2) is 9.73. The number of benzene rings is 2. The summed E-state index contributed by atoms with van der Waals surface area (Å²) in [7, 11) is 1.59. The topological polar surface area (TPSA) is 59.6 Å². The summed E-state index contributed by atoms with van der Waals surface area (Å²) in [5, 5.41) is 6.84. The van der Waals surface area contributed by atoms with Gasteiger partial charge in [-0.25, -0.2) is 4.79 Å². The zero-order chi connectivity index (χ0) is 18.2. The number of hydrogen-bond acceptors (Lipinski definition) is 3. The molecule has 0 aliphatic carbocycles. The van der Waals surface area contributed by atoms with Gasteiger partial charge in [-0.1, -0.05) is 40.9 Å². The number of anilines is 1. The molecular formula is C17H17Cl3N2O3. The Labute approximate surface area is 161 Å². The van der Waals surface area contributed by atoms with Crippen LogP contribution in [0.5, 0.6) is 5.75 Å². The van der Waals surface area contributed by atoms with Gasteiger partial charge in [-0.3, -0.25) is 0 Å². The largest absolute Gasteiger partial charge is 0.490 e. The van der Waals surface area contributed by atoms with Crippen molar-refractivity contribution in [2.75, 3.05) is 25.6 Å². The van der Waals surface area contributed by atoms with Gasteiger partial charge in [-0.15, -0.1) is 0 Å². The molecule has 0 atom stereocenters. The molecule has 5 nitrogen and oxygen atoms in total. The molecule has 2 amide bonds. The quantitative estimate of drug-likeness (QED) is 0.640. The Balaban J connectivity index is 1.88. The van der Waals surface area contributed by atoms with Gasteiger partial charge in [0.1, 0.15) is 12.4 Å². The fraction of sp³-hybridized carbons (Fsp3) is 0.235. The Morgan fingerprint density at radius 3 is 2.52 bits per heavy atom. The lowest BCUT2D eigenvalue weighted by Crippen LogP contribution is -2.28. The lowest BCUT2D eigenvalue weighted by molar-refractivity contribution is 0.146. The van der Waals surface area contributed by atoms with Gasteiger partial charge in [0, 0.05) is 29.4 Å². The summed E-state index contributed by atoms with van der Waals surface area (Å²) in [5.41, 5.74) is 1.31. The molecular weight excluding hydrogens is 387 g/mol. The molecule has 0 aliphatic rings. The lowest BCUT2D eigenvalue weighted by atomic mass is 10.2. The molecule has 0 saturated carbocycles. The van der Waals surface area contributed by atoms with E-state index in [0.717, 1.165) is 5.56 Å². The van der Waals surface area contributed by atoms with E-state index in [2.05, 4.69) is 10.6 Å². The molecule has 0 aromatic heterocycles. The third-order valence-corrected chi connectivity index (χ3v) is 4.07. The molecule has 0 fully saturated rings. The van der Waals surface area contributed by atoms with Crippen molar-refractivity contribution in [3.8, 4) is 5.75 Å². The molecule has 0 aliphatic heterocycles. The molecule has 0 radical (unpaired) electrons. The van der Waals surface area contributed by atoms with E-state index in [0.29, 0.717) is 39.7 Å². The molecule has 2 aromatic carbocycles. The van der Waals surface area contributed by atoms with Crippen LogP contribution in [-0.4, -0.2) is 26.4 Å². The van der Waals surface area contributed by atoms with Crippen LogP contribution < -0.4 is 15.4 Å². The van der Waals surface area contributed by atoms with Crippen molar-refractivity contribution in [1.29, 1.82) is 0 Å². The second-order valence-corrected chi connectivity index (χ2v) is 6.28. The Kier molecular flexibility index (Phi) is 7.65. The van der Waals surface area contributed by atoms with Crippen LogP contribution in [0.3, 0.4) is 0 Å². The minimum atomic E-state index is -0.380. The van der Waals surface area contributed by atoms with Crippen molar-refractivity contribution in [3.63, 3.8) is 0 Å². The third-order valence-electron chi connectivity index (χ3n) is 3.19. The number of ether oxygens (including phenoxy) is 2. The van der Waals surface area contributed by atoms with Crippen molar-refractivity contribution in [1.82, 2.24) is 5.32 Å². The maximum atomic E-state index is 12.0. The third kappa shape index (κ3) is 6.29. The number of urea groups is 1. The maximum Gasteiger partial charge on any atom is 0.319 e. The zero-order valence-corrected chi connectivity index (χ0v) is 15.7. The molecule has 0 spiro atoms. The van der Waals surface area contributed by atoms with Crippen molar-refractivity contribution in [2.24, 2.45) is 0 Å². The first-order chi connectivity index (χ1) is 12.0. The highest BCUT2D eigenvalue weighted by atomic mass is 35.5. The fourth-order valence-electron chi connectivity index (χ4n) is 1.95. The summed E-state index contributed by atoms with van der Waals surface area (Å²) in [6.07, 6.45) is 0. The summed E-state index contributed by atoms with van der Waals surface area (Å²) < 4.78 is 10.4. The minimum absolute atomic E-state index is 0.272. The highest BCUT2D eigenvalue weighted by molar-refractivity contribution is 6.35. The molecule has 0 heterocycles. The zero-order valence-electron chi connectivity index (χ0n) is 13.4. The fourth-order valence-corrected chi connectivity index (χ4v) is 2.66. The van der Waals surface area contributed by atoms with Crippen LogP contribution >= 0.6 is 34.8 Å². The molecule has 2 aromatic rings. The number of rotatable bonds is 7. The first-order valence-electron chi connectivity index (χ1n) is 7.39. The SMILES string of the molecule is COCCOc1ccc(NC(=O)NCc2ccc(Cl)cc2Cl)cc1Cl. The molecule has 0 saturated heterocycles. The van der Waals surface area contributed by atoms with Crippen molar-refractivity contribution in [2.45, 2.75) is 6.54 Å². The predicted molar refractivity (Wildman–Crippen MR) is 101 cm³/mol. The summed E-state index contributed by atoms with van der Waals surface area (Å²) in [6, 6.07) is 9.71. The standard InChI is InChI=1S/C17H17Cl3N2O3/c1-24-6-7-25-16-5-4-13(9-15(16)20)22-17(23)21-10-11-2-3-12(18)8-14(11)19/h2-5,8-9H,6-7,10H2,1H3,(H2,21,22,23). The smallest absolute Gasteiger partial charge is 0.319 e. The van der Waals surface area contributed by atoms with E-state index < -0.39 is 0 Å². The van der Waals surface area contributed by atoms with Crippen molar-refractivity contribution >= 4 is 46.5 Å². The second-order valence-electron chi connectivity index (χ2n) is 5.03. The number of carbonyl (C=O) groups excluding carboxylic acids is 1. The van der Waals surface area contributed by atoms with Crippen LogP contribution in [0.4, 0.5) is 10.5 Å². The van der Waals surface area contributed by atoms with E-state index in [9.17, 15) is 4.79 Å². The van der Waals surface area contributed by atoms with E-state index in [1.807, 2.05) is 0 Å². The van der Waals surface area contributed by atoms with E-state index in [1.54, 1.807) is 43.5 Å². The van der Waals surface area contributed by atoms with Crippen LogP contribution in [0.25, 0.3) is 0 Å². The summed E-state index contributed by atoms with van der Waals surface area (Å²) in [6.45, 7) is 1.13. The Morgan fingerprint density at radius 1 is 1.04 bits per heavy atom. The lowest BCUT2D eigenvalue weighted by Gasteiger charge is -2.11. The van der Waals surface area contributed by atoms with E-state index in [-0.39, 0.29) is 12.6 Å². The van der Waals surface area contributed by atoms with Crippen molar-refractivity contribution < 1.29 is 14.3 Å². The van der Waals surface area contributed by atoms with Gasteiger partial charge in [-0.2, -0.15) is 0 Å². The molecule has 8 heteroatoms. The number of carbonyl (C=O) groups is 1. The maximum absolute atomic E-state index is 12.0. The van der Waals surface area contributed by atoms with E-state index in [1.165, 1.54) is 0 Å². The predicted octanol–water partition coefficient (Wildman–Crippen LogP) is 4.99. The summed E-state index contributed by atoms with van der Waals surface area (Å²) >= 11 is 18.0. The van der Waals surface area contributed by atoms with E-state index >= 15 is 0 Å². The highest BCUT2D eigenvalue weighted by Crippen LogP contribution is 2.27. The van der Waals surface area contributed by atoms with Gasteiger partial charge in [0.05, 0.1) is 11.6 Å². The van der Waals surface area contributed by atoms with Gasteiger partial charge in [0.15, 0.2) is 0 Å². The number of methoxy groups -OCH3 is 1. The van der Waals surface area contributed by atoms with E-state index in [4.69, 9.17) is 44.3 Å². The normalized spacial score (nSPS) is 10.4. The monoisotopic (exact) mass is 402 g/mol. The molecule has 25 heavy (non-hydrogen) atoms. The minimum Gasteiger partial charge on any atom is -0.490 e. The first-order valence-corrected chi connectivity index (χ1v) is 8.53. The average Bonchev–Trinajstić information content (AvgIpc) is 2.56. The summed E-state index contributed by atoms with van der Waals surface area (Å²) in [5.74, 6) is 0.526. The number of nitrogens with one attached hydrogen (secondary N) is 2. The molecule has 0 bridgehead atoms. The Bertz CT molecular complexity index is 741. The molecule has 2 N–H and O–H groups in total. The number of amides is 2. The van der Waals surface area contributed by atoms with Crippen LogP contribution in [0.1, 0.15) is 5.56 Å². The Morgan fingerprint density at radius 2 is 1.84 bits per heavy atom.